The largest absolute Gasteiger partial charge is 0.480 e. The summed E-state index contributed by atoms with van der Waals surface area (Å²) >= 11 is 0. The third-order valence-electron chi connectivity index (χ3n) is 2.81. The van der Waals surface area contributed by atoms with Crippen molar-refractivity contribution in [2.45, 2.75) is 6.04 Å². The van der Waals surface area contributed by atoms with Crippen molar-refractivity contribution in [1.82, 2.24) is 4.90 Å². The number of hydrogen-bond donors (Lipinski definition) is 1. The Morgan fingerprint density at radius 1 is 1.39 bits per heavy atom. The van der Waals surface area contributed by atoms with Crippen molar-refractivity contribution in [1.29, 1.82) is 0 Å². The number of rotatable bonds is 3. The van der Waals surface area contributed by atoms with E-state index in [-0.39, 0.29) is 12.4 Å². The highest BCUT2D eigenvalue weighted by Crippen LogP contribution is 2.22. The number of morpholine rings is 1. The molecule has 0 spiro atoms. The van der Waals surface area contributed by atoms with Gasteiger partial charge in [-0.05, 0) is 17.7 Å². The first-order valence-electron chi connectivity index (χ1n) is 5.48. The maximum absolute atomic E-state index is 13.1. The van der Waals surface area contributed by atoms with Crippen LogP contribution in [0.4, 0.5) is 4.39 Å². The Balaban J connectivity index is 0.00000162. The van der Waals surface area contributed by atoms with Gasteiger partial charge in [0.25, 0.3) is 0 Å². The normalized spacial score (nSPS) is 17.8. The molecule has 1 unspecified atom stereocenters. The van der Waals surface area contributed by atoms with E-state index in [1.807, 2.05) is 0 Å². The van der Waals surface area contributed by atoms with Crippen LogP contribution >= 0.6 is 12.4 Å². The number of carbonyl (C=O) groups is 1. The van der Waals surface area contributed by atoms with E-state index in [1.54, 1.807) is 11.0 Å². The van der Waals surface area contributed by atoms with Crippen LogP contribution in [0.2, 0.25) is 0 Å². The van der Waals surface area contributed by atoms with Gasteiger partial charge in [-0.3, -0.25) is 9.69 Å². The number of nitrogens with zero attached hydrogens (tertiary/aromatic N) is 1. The van der Waals surface area contributed by atoms with E-state index in [2.05, 4.69) is 0 Å². The average molecular weight is 276 g/mol. The molecule has 1 aliphatic rings. The van der Waals surface area contributed by atoms with E-state index in [0.29, 0.717) is 31.9 Å². The Labute approximate surface area is 111 Å². The lowest BCUT2D eigenvalue weighted by Crippen LogP contribution is -2.42. The van der Waals surface area contributed by atoms with E-state index in [9.17, 15) is 14.3 Å². The highest BCUT2D eigenvalue weighted by Gasteiger charge is 2.28. The van der Waals surface area contributed by atoms with Gasteiger partial charge in [-0.25, -0.2) is 4.39 Å². The van der Waals surface area contributed by atoms with Crippen LogP contribution in [-0.2, 0) is 9.53 Å². The molecule has 0 bridgehead atoms. The molecule has 2 rings (SSSR count). The Morgan fingerprint density at radius 3 is 2.61 bits per heavy atom. The Morgan fingerprint density at radius 2 is 2.06 bits per heavy atom. The number of benzene rings is 1. The molecule has 0 aliphatic carbocycles. The first kappa shape index (κ1) is 14.9. The lowest BCUT2D eigenvalue weighted by molar-refractivity contribution is -0.145. The summed E-state index contributed by atoms with van der Waals surface area (Å²) in [5.41, 5.74) is 0.472. The predicted octanol–water partition coefficient (Wildman–Crippen LogP) is 1.71. The molecule has 18 heavy (non-hydrogen) atoms. The van der Waals surface area contributed by atoms with Crippen LogP contribution in [0.3, 0.4) is 0 Å². The fraction of sp³-hybridized carbons (Fsp3) is 0.417. The maximum Gasteiger partial charge on any atom is 0.325 e. The highest BCUT2D eigenvalue weighted by molar-refractivity contribution is 5.85. The molecule has 0 radical (unpaired) electrons. The summed E-state index contributed by atoms with van der Waals surface area (Å²) in [6.45, 7) is 2.12. The van der Waals surface area contributed by atoms with Crippen molar-refractivity contribution in [2.24, 2.45) is 0 Å². The first-order chi connectivity index (χ1) is 8.18. The lowest BCUT2D eigenvalue weighted by atomic mass is 10.0. The summed E-state index contributed by atoms with van der Waals surface area (Å²) in [6.07, 6.45) is 0. The molecule has 1 aromatic rings. The molecule has 1 heterocycles. The van der Waals surface area contributed by atoms with Crippen LogP contribution in [-0.4, -0.2) is 42.3 Å². The molecular formula is C12H15ClFNO3. The van der Waals surface area contributed by atoms with Gasteiger partial charge < -0.3 is 9.84 Å². The number of halogens is 2. The van der Waals surface area contributed by atoms with E-state index in [1.165, 1.54) is 18.2 Å². The third-order valence-corrected chi connectivity index (χ3v) is 2.81. The summed E-state index contributed by atoms with van der Waals surface area (Å²) in [5, 5.41) is 9.26. The van der Waals surface area contributed by atoms with Gasteiger partial charge in [0.15, 0.2) is 0 Å². The summed E-state index contributed by atoms with van der Waals surface area (Å²) in [7, 11) is 0. The molecule has 0 amide bonds. The highest BCUT2D eigenvalue weighted by atomic mass is 35.5. The second-order valence-electron chi connectivity index (χ2n) is 3.94. The molecule has 1 aromatic carbocycles. The summed E-state index contributed by atoms with van der Waals surface area (Å²) in [5.74, 6) is -1.38. The van der Waals surface area contributed by atoms with E-state index in [0.717, 1.165) is 0 Å². The maximum atomic E-state index is 13.1. The molecule has 1 saturated heterocycles. The smallest absolute Gasteiger partial charge is 0.325 e. The third kappa shape index (κ3) is 3.41. The zero-order chi connectivity index (χ0) is 12.3. The van der Waals surface area contributed by atoms with Crippen molar-refractivity contribution < 1.29 is 19.0 Å². The van der Waals surface area contributed by atoms with E-state index < -0.39 is 17.8 Å². The van der Waals surface area contributed by atoms with Crippen LogP contribution in [0.1, 0.15) is 11.6 Å². The van der Waals surface area contributed by atoms with Crippen LogP contribution < -0.4 is 0 Å². The predicted molar refractivity (Wildman–Crippen MR) is 66.4 cm³/mol. The van der Waals surface area contributed by atoms with Crippen molar-refractivity contribution >= 4 is 18.4 Å². The molecule has 1 atom stereocenters. The van der Waals surface area contributed by atoms with Gasteiger partial charge in [0.2, 0.25) is 0 Å². The van der Waals surface area contributed by atoms with Gasteiger partial charge in [-0.15, -0.1) is 12.4 Å². The van der Waals surface area contributed by atoms with E-state index in [4.69, 9.17) is 4.74 Å². The molecule has 0 saturated carbocycles. The van der Waals surface area contributed by atoms with Crippen LogP contribution in [0.25, 0.3) is 0 Å². The standard InChI is InChI=1S/C12H14FNO3.ClH/c13-10-3-1-2-9(8-10)11(12(15)16)14-4-6-17-7-5-14;/h1-3,8,11H,4-7H2,(H,15,16);1H. The molecule has 1 N–H and O–H groups in total. The fourth-order valence-electron chi connectivity index (χ4n) is 2.02. The molecule has 100 valence electrons. The Hall–Kier alpha value is -1.17. The van der Waals surface area contributed by atoms with Gasteiger partial charge in [0.05, 0.1) is 13.2 Å². The van der Waals surface area contributed by atoms with Crippen molar-refractivity contribution in [2.75, 3.05) is 26.3 Å². The molecule has 0 aromatic heterocycles. The molecule has 1 fully saturated rings. The number of carboxylic acids is 1. The molecule has 4 nitrogen and oxygen atoms in total. The second-order valence-corrected chi connectivity index (χ2v) is 3.94. The SMILES string of the molecule is Cl.O=C(O)C(c1cccc(F)c1)N1CCOCC1. The number of carboxylic acid groups (broad SMARTS) is 1. The number of aliphatic carboxylic acids is 1. The minimum absolute atomic E-state index is 0. The van der Waals surface area contributed by atoms with Crippen molar-refractivity contribution in [3.8, 4) is 0 Å². The van der Waals surface area contributed by atoms with E-state index >= 15 is 0 Å². The number of hydrogen-bond acceptors (Lipinski definition) is 3. The lowest BCUT2D eigenvalue weighted by Gasteiger charge is -2.32. The summed E-state index contributed by atoms with van der Waals surface area (Å²) in [4.78, 5) is 13.1. The minimum atomic E-state index is -0.961. The molecule has 6 heteroatoms. The quantitative estimate of drug-likeness (QED) is 0.912. The minimum Gasteiger partial charge on any atom is -0.480 e. The van der Waals surface area contributed by atoms with Crippen molar-refractivity contribution in [3.05, 3.63) is 35.6 Å². The fourth-order valence-corrected chi connectivity index (χ4v) is 2.02. The van der Waals surface area contributed by atoms with Crippen molar-refractivity contribution in [3.63, 3.8) is 0 Å². The van der Waals surface area contributed by atoms with Gasteiger partial charge in [-0.2, -0.15) is 0 Å². The van der Waals surface area contributed by atoms with Gasteiger partial charge in [-0.1, -0.05) is 12.1 Å². The Bertz CT molecular complexity index is 410. The average Bonchev–Trinajstić information content (AvgIpc) is 2.30. The zero-order valence-corrected chi connectivity index (χ0v) is 10.5. The van der Waals surface area contributed by atoms with Crippen LogP contribution in [0.15, 0.2) is 24.3 Å². The summed E-state index contributed by atoms with van der Waals surface area (Å²) in [6, 6.07) is 4.95. The molecular weight excluding hydrogens is 261 g/mol. The number of ether oxygens (including phenoxy) is 1. The van der Waals surface area contributed by atoms with Gasteiger partial charge in [0.1, 0.15) is 11.9 Å². The Kier molecular flexibility index (Phi) is 5.53. The molecule has 1 aliphatic heterocycles. The summed E-state index contributed by atoms with van der Waals surface area (Å²) < 4.78 is 18.3. The topological polar surface area (TPSA) is 49.8 Å². The zero-order valence-electron chi connectivity index (χ0n) is 9.71. The van der Waals surface area contributed by atoms with Gasteiger partial charge >= 0.3 is 5.97 Å². The van der Waals surface area contributed by atoms with Crippen LogP contribution in [0.5, 0.6) is 0 Å². The van der Waals surface area contributed by atoms with Gasteiger partial charge in [0, 0.05) is 13.1 Å². The second kappa shape index (κ2) is 6.68. The first-order valence-corrected chi connectivity index (χ1v) is 5.48. The monoisotopic (exact) mass is 275 g/mol. The van der Waals surface area contributed by atoms with Crippen LogP contribution in [0, 0.1) is 5.82 Å².